The van der Waals surface area contributed by atoms with Gasteiger partial charge in [-0.1, -0.05) is 70.0 Å². The molecule has 0 spiro atoms. The summed E-state index contributed by atoms with van der Waals surface area (Å²) in [7, 11) is 1.57. The molecule has 0 unspecified atom stereocenters. The quantitative estimate of drug-likeness (QED) is 0.320. The lowest BCUT2D eigenvalue weighted by Crippen LogP contribution is -2.44. The van der Waals surface area contributed by atoms with Crippen molar-refractivity contribution in [3.63, 3.8) is 0 Å². The summed E-state index contributed by atoms with van der Waals surface area (Å²) < 4.78 is 11.9. The monoisotopic (exact) mass is 595 g/mol. The molecule has 7 heteroatoms. The largest absolute Gasteiger partial charge is 0.493 e. The van der Waals surface area contributed by atoms with Gasteiger partial charge in [0.1, 0.15) is 6.61 Å². The van der Waals surface area contributed by atoms with Crippen LogP contribution in [0.1, 0.15) is 83.8 Å². The van der Waals surface area contributed by atoms with E-state index >= 15 is 0 Å². The zero-order chi connectivity index (χ0) is 29.7. The maximum atomic E-state index is 14.0. The van der Waals surface area contributed by atoms with Gasteiger partial charge in [-0.2, -0.15) is 0 Å². The Kier molecular flexibility index (Phi) is 8.08. The normalized spacial score (nSPS) is 20.2. The molecule has 0 saturated heterocycles. The first-order valence-electron chi connectivity index (χ1n) is 14.4. The molecule has 0 fully saturated rings. The van der Waals surface area contributed by atoms with Crippen LogP contribution in [0.25, 0.3) is 0 Å². The van der Waals surface area contributed by atoms with Crippen LogP contribution in [0.5, 0.6) is 11.5 Å². The number of carbonyl (C=O) groups excluding carboxylic acids is 2. The summed E-state index contributed by atoms with van der Waals surface area (Å²) in [5, 5.41) is 0.997. The zero-order valence-corrected chi connectivity index (χ0v) is 26.3. The molecule has 5 nitrogen and oxygen atoms in total. The van der Waals surface area contributed by atoms with Gasteiger partial charge in [0.2, 0.25) is 0 Å². The van der Waals surface area contributed by atoms with Crippen LogP contribution in [-0.4, -0.2) is 30.1 Å². The third-order valence-electron chi connectivity index (χ3n) is 8.33. The number of rotatable bonds is 7. The van der Waals surface area contributed by atoms with E-state index in [0.717, 1.165) is 59.5 Å². The lowest BCUT2D eigenvalue weighted by Gasteiger charge is -2.49. The Morgan fingerprint density at radius 1 is 0.902 bits per heavy atom. The van der Waals surface area contributed by atoms with Crippen molar-refractivity contribution in [2.75, 3.05) is 13.7 Å². The molecule has 0 bridgehead atoms. The van der Waals surface area contributed by atoms with E-state index in [2.05, 4.69) is 39.5 Å². The molecule has 2 aromatic rings. The lowest BCUT2D eigenvalue weighted by atomic mass is 9.63. The van der Waals surface area contributed by atoms with Crippen LogP contribution in [-0.2, 0) is 16.2 Å². The van der Waals surface area contributed by atoms with Crippen molar-refractivity contribution in [1.29, 1.82) is 0 Å². The minimum atomic E-state index is -0.492. The number of allylic oxidation sites excluding steroid dienone is 4. The van der Waals surface area contributed by atoms with Crippen LogP contribution in [0.3, 0.4) is 0 Å². The van der Waals surface area contributed by atoms with E-state index in [1.165, 1.54) is 0 Å². The number of Topliss-reactive ketones (excluding diaryl/α,β-unsaturated/α-hetero) is 2. The maximum Gasteiger partial charge on any atom is 0.180 e. The van der Waals surface area contributed by atoms with Crippen LogP contribution in [0, 0.1) is 10.8 Å². The molecule has 2 aromatic carbocycles. The van der Waals surface area contributed by atoms with Gasteiger partial charge in [0, 0.05) is 52.9 Å². The predicted octanol–water partition coefficient (Wildman–Crippen LogP) is 8.68. The Morgan fingerprint density at radius 2 is 1.51 bits per heavy atom. The molecule has 0 aromatic heterocycles. The highest BCUT2D eigenvalue weighted by Crippen LogP contribution is 2.55. The van der Waals surface area contributed by atoms with Crippen LogP contribution < -0.4 is 9.47 Å². The summed E-state index contributed by atoms with van der Waals surface area (Å²) in [6.07, 6.45) is 3.36. The molecule has 0 N–H and O–H groups in total. The van der Waals surface area contributed by atoms with Crippen LogP contribution in [0.2, 0.25) is 10.0 Å². The number of nitrogens with zero attached hydrogens (tertiary/aromatic N) is 1. The first-order chi connectivity index (χ1) is 19.3. The molecule has 1 heterocycles. The zero-order valence-electron chi connectivity index (χ0n) is 24.8. The molecule has 5 rings (SSSR count). The smallest absolute Gasteiger partial charge is 0.180 e. The lowest BCUT2D eigenvalue weighted by molar-refractivity contribution is -0.119. The Bertz CT molecular complexity index is 1420. The third-order valence-corrected chi connectivity index (χ3v) is 8.84. The third kappa shape index (κ3) is 5.81. The van der Waals surface area contributed by atoms with Gasteiger partial charge in [0.15, 0.2) is 23.1 Å². The van der Waals surface area contributed by atoms with Crippen LogP contribution in [0.4, 0.5) is 0 Å². The van der Waals surface area contributed by atoms with E-state index in [9.17, 15) is 9.59 Å². The SMILES string of the molecule is CCCN1C2=C(C(=O)CC(C)(C)C2)C(c2cc(Cl)c(OCc3cccc(Cl)c3)c(OC)c2)C2=C1CC(C)(C)CC2=O. The summed E-state index contributed by atoms with van der Waals surface area (Å²) in [6.45, 7) is 11.8. The van der Waals surface area contributed by atoms with E-state index in [0.29, 0.717) is 34.4 Å². The Balaban J connectivity index is 1.65. The van der Waals surface area contributed by atoms with Gasteiger partial charge in [-0.15, -0.1) is 0 Å². The first kappa shape index (κ1) is 29.7. The fraction of sp³-hybridized carbons (Fsp3) is 0.471. The van der Waals surface area contributed by atoms with Gasteiger partial charge in [-0.3, -0.25) is 9.59 Å². The van der Waals surface area contributed by atoms with E-state index in [4.69, 9.17) is 32.7 Å². The van der Waals surface area contributed by atoms with Gasteiger partial charge >= 0.3 is 0 Å². The van der Waals surface area contributed by atoms with Crippen molar-refractivity contribution in [1.82, 2.24) is 4.90 Å². The highest BCUT2D eigenvalue weighted by atomic mass is 35.5. The average molecular weight is 597 g/mol. The summed E-state index contributed by atoms with van der Waals surface area (Å²) in [6, 6.07) is 11.2. The minimum Gasteiger partial charge on any atom is -0.493 e. The molecule has 3 aliphatic rings. The minimum absolute atomic E-state index is 0.0999. The number of halogens is 2. The highest BCUT2D eigenvalue weighted by molar-refractivity contribution is 6.32. The molecule has 218 valence electrons. The van der Waals surface area contributed by atoms with Crippen molar-refractivity contribution < 1.29 is 19.1 Å². The van der Waals surface area contributed by atoms with Gasteiger partial charge in [0.25, 0.3) is 0 Å². The fourth-order valence-electron chi connectivity index (χ4n) is 6.70. The molecule has 2 aliphatic carbocycles. The standard InChI is InChI=1S/C34H39Cl2NO4/c1-7-11-37-24-15-33(2,3)17-26(38)30(24)29(31-25(37)16-34(4,5)18-27(31)39)21-13-23(36)32(28(14-21)40-6)41-19-20-9-8-10-22(35)12-20/h8-10,12-14,29H,7,11,15-19H2,1-6H3. The van der Waals surface area contributed by atoms with Crippen molar-refractivity contribution in [2.24, 2.45) is 10.8 Å². The van der Waals surface area contributed by atoms with Crippen molar-refractivity contribution in [2.45, 2.75) is 79.2 Å². The van der Waals surface area contributed by atoms with E-state index in [1.807, 2.05) is 36.4 Å². The number of ether oxygens (including phenoxy) is 2. The molecule has 0 radical (unpaired) electrons. The first-order valence-corrected chi connectivity index (χ1v) is 15.1. The van der Waals surface area contributed by atoms with Gasteiger partial charge in [-0.25, -0.2) is 0 Å². The summed E-state index contributed by atoms with van der Waals surface area (Å²) in [5.74, 6) is 0.582. The molecule has 0 saturated carbocycles. The molecular formula is C34H39Cl2NO4. The number of ketones is 2. The molecule has 0 amide bonds. The highest BCUT2D eigenvalue weighted by Gasteiger charge is 2.49. The Labute approximate surface area is 253 Å². The topological polar surface area (TPSA) is 55.8 Å². The second kappa shape index (κ2) is 11.1. The number of carbonyl (C=O) groups is 2. The van der Waals surface area contributed by atoms with E-state index < -0.39 is 5.92 Å². The number of methoxy groups -OCH3 is 1. The number of benzene rings is 2. The van der Waals surface area contributed by atoms with Gasteiger partial charge in [-0.05, 0) is 65.5 Å². The van der Waals surface area contributed by atoms with Crippen molar-refractivity contribution >= 4 is 34.8 Å². The number of hydrogen-bond acceptors (Lipinski definition) is 5. The predicted molar refractivity (Wildman–Crippen MR) is 164 cm³/mol. The Morgan fingerprint density at radius 3 is 2.05 bits per heavy atom. The van der Waals surface area contributed by atoms with E-state index in [1.54, 1.807) is 7.11 Å². The van der Waals surface area contributed by atoms with Crippen LogP contribution >= 0.6 is 23.2 Å². The summed E-state index contributed by atoms with van der Waals surface area (Å²) >= 11 is 13.0. The van der Waals surface area contributed by atoms with Crippen molar-refractivity contribution in [3.8, 4) is 11.5 Å². The average Bonchev–Trinajstić information content (AvgIpc) is 2.87. The molecule has 41 heavy (non-hydrogen) atoms. The summed E-state index contributed by atoms with van der Waals surface area (Å²) in [5.41, 5.74) is 4.93. The fourth-order valence-corrected chi connectivity index (χ4v) is 7.19. The van der Waals surface area contributed by atoms with Gasteiger partial charge in [0.05, 0.1) is 12.1 Å². The van der Waals surface area contributed by atoms with Gasteiger partial charge < -0.3 is 14.4 Å². The van der Waals surface area contributed by atoms with Crippen molar-refractivity contribution in [3.05, 3.63) is 80.1 Å². The molecule has 0 atom stereocenters. The Hall–Kier alpha value is -2.76. The number of hydrogen-bond donors (Lipinski definition) is 0. The molecular weight excluding hydrogens is 557 g/mol. The van der Waals surface area contributed by atoms with E-state index in [-0.39, 0.29) is 29.0 Å². The summed E-state index contributed by atoms with van der Waals surface area (Å²) in [4.78, 5) is 30.2. The second-order valence-corrected chi connectivity index (χ2v) is 14.0. The van der Waals surface area contributed by atoms with Crippen LogP contribution in [0.15, 0.2) is 58.9 Å². The maximum absolute atomic E-state index is 14.0. The second-order valence-electron chi connectivity index (χ2n) is 13.1. The molecule has 1 aliphatic heterocycles.